The lowest BCUT2D eigenvalue weighted by atomic mass is 10.1. The molecule has 4 rings (SSSR count). The Bertz CT molecular complexity index is 1310. The molecule has 10 heteroatoms. The van der Waals surface area contributed by atoms with Gasteiger partial charge in [0.2, 0.25) is 11.8 Å². The van der Waals surface area contributed by atoms with Crippen molar-refractivity contribution in [3.63, 3.8) is 0 Å². The Kier molecular flexibility index (Phi) is 8.47. The van der Waals surface area contributed by atoms with Crippen molar-refractivity contribution in [2.45, 2.75) is 18.1 Å². The summed E-state index contributed by atoms with van der Waals surface area (Å²) in [4.78, 5) is 43.6. The van der Waals surface area contributed by atoms with E-state index in [0.29, 0.717) is 40.3 Å². The summed E-state index contributed by atoms with van der Waals surface area (Å²) in [5, 5.41) is 12.2. The van der Waals surface area contributed by atoms with Crippen LogP contribution in [0.4, 0.5) is 11.4 Å². The summed E-state index contributed by atoms with van der Waals surface area (Å²) in [6, 6.07) is 20.4. The lowest BCUT2D eigenvalue weighted by molar-refractivity contribution is -0.129. The molecule has 2 amide bonds. The van der Waals surface area contributed by atoms with Crippen LogP contribution < -0.4 is 10.1 Å². The van der Waals surface area contributed by atoms with E-state index in [-0.39, 0.29) is 23.8 Å². The van der Waals surface area contributed by atoms with Gasteiger partial charge in [0.15, 0.2) is 5.17 Å². The third kappa shape index (κ3) is 6.90. The van der Waals surface area contributed by atoms with Crippen molar-refractivity contribution in [2.75, 3.05) is 19.0 Å². The second-order valence-corrected chi connectivity index (χ2v) is 9.80. The molecule has 1 atom stereocenters. The summed E-state index contributed by atoms with van der Waals surface area (Å²) >= 11 is 7.20. The highest BCUT2D eigenvalue weighted by Gasteiger charge is 2.35. The van der Waals surface area contributed by atoms with Gasteiger partial charge in [-0.3, -0.25) is 14.5 Å². The van der Waals surface area contributed by atoms with Crippen molar-refractivity contribution >= 4 is 57.7 Å². The van der Waals surface area contributed by atoms with Gasteiger partial charge in [-0.05, 0) is 72.6 Å². The summed E-state index contributed by atoms with van der Waals surface area (Å²) in [5.74, 6) is -0.936. The fraction of sp³-hybridized carbons (Fsp3) is 0.185. The molecule has 190 valence electrons. The predicted molar refractivity (Wildman–Crippen MR) is 145 cm³/mol. The van der Waals surface area contributed by atoms with Gasteiger partial charge in [0.05, 0.1) is 18.4 Å². The molecule has 0 spiro atoms. The summed E-state index contributed by atoms with van der Waals surface area (Å²) in [6.45, 7) is 0.396. The number of methoxy groups -OCH3 is 1. The fourth-order valence-corrected chi connectivity index (χ4v) is 4.89. The van der Waals surface area contributed by atoms with Crippen LogP contribution >= 0.6 is 23.4 Å². The Morgan fingerprint density at radius 3 is 2.38 bits per heavy atom. The van der Waals surface area contributed by atoms with E-state index >= 15 is 0 Å². The largest absolute Gasteiger partial charge is 0.497 e. The molecule has 0 radical (unpaired) electrons. The molecule has 3 aromatic rings. The first-order chi connectivity index (χ1) is 17.8. The number of carboxylic acid groups (broad SMARTS) is 1. The molecule has 0 aliphatic carbocycles. The number of amides is 2. The number of carbonyl (C=O) groups excluding carboxylic acids is 2. The van der Waals surface area contributed by atoms with Gasteiger partial charge >= 0.3 is 5.97 Å². The average Bonchev–Trinajstić information content (AvgIpc) is 2.90. The Labute approximate surface area is 223 Å². The Morgan fingerprint density at radius 2 is 1.76 bits per heavy atom. The maximum Gasteiger partial charge on any atom is 0.335 e. The molecule has 1 aliphatic heterocycles. The minimum atomic E-state index is -1.05. The number of anilines is 1. The molecular formula is C27H24ClN3O5S. The smallest absolute Gasteiger partial charge is 0.335 e. The number of carbonyl (C=O) groups is 3. The van der Waals surface area contributed by atoms with Gasteiger partial charge in [-0.15, -0.1) is 0 Å². The summed E-state index contributed by atoms with van der Waals surface area (Å²) in [7, 11) is 1.58. The Hall–Kier alpha value is -3.82. The number of nitrogens with one attached hydrogen (secondary N) is 1. The van der Waals surface area contributed by atoms with Gasteiger partial charge in [-0.1, -0.05) is 35.5 Å². The van der Waals surface area contributed by atoms with Crippen LogP contribution in [0.2, 0.25) is 5.02 Å². The van der Waals surface area contributed by atoms with Crippen molar-refractivity contribution in [1.29, 1.82) is 0 Å². The van der Waals surface area contributed by atoms with Crippen LogP contribution in [0.5, 0.6) is 5.75 Å². The van der Waals surface area contributed by atoms with Crippen LogP contribution in [0, 0.1) is 0 Å². The highest BCUT2D eigenvalue weighted by atomic mass is 35.5. The van der Waals surface area contributed by atoms with Crippen LogP contribution in [0.15, 0.2) is 77.8 Å². The topological polar surface area (TPSA) is 108 Å². The molecule has 1 saturated heterocycles. The van der Waals surface area contributed by atoms with Crippen molar-refractivity contribution in [2.24, 2.45) is 4.99 Å². The standard InChI is InChI=1S/C27H24ClN3O5S/c1-36-22-12-10-21(11-13-22)30-27-31(15-14-17-2-6-19(28)7-3-17)24(32)16-23(37-27)25(33)29-20-8-4-18(5-9-20)26(34)35/h2-13,23H,14-16H2,1H3,(H,29,33)(H,34,35)/t23-/m0/s1. The number of aliphatic imine (C=N–C) groups is 1. The van der Waals surface area contributed by atoms with E-state index in [9.17, 15) is 14.4 Å². The van der Waals surface area contributed by atoms with E-state index in [1.54, 1.807) is 48.4 Å². The molecule has 37 heavy (non-hydrogen) atoms. The zero-order valence-corrected chi connectivity index (χ0v) is 21.5. The minimum absolute atomic E-state index is 0.00591. The van der Waals surface area contributed by atoms with E-state index in [2.05, 4.69) is 10.3 Å². The first-order valence-electron chi connectivity index (χ1n) is 11.4. The second kappa shape index (κ2) is 11.9. The van der Waals surface area contributed by atoms with Gasteiger partial charge in [-0.25, -0.2) is 9.79 Å². The molecule has 0 bridgehead atoms. The Balaban J connectivity index is 1.53. The van der Waals surface area contributed by atoms with Crippen molar-refractivity contribution in [3.8, 4) is 5.75 Å². The van der Waals surface area contributed by atoms with E-state index < -0.39 is 11.2 Å². The number of aromatic carboxylic acids is 1. The van der Waals surface area contributed by atoms with Gasteiger partial charge in [-0.2, -0.15) is 0 Å². The number of benzene rings is 3. The van der Waals surface area contributed by atoms with Gasteiger partial charge in [0, 0.05) is 23.7 Å². The molecule has 0 saturated carbocycles. The minimum Gasteiger partial charge on any atom is -0.497 e. The number of rotatable bonds is 8. The number of nitrogens with zero attached hydrogens (tertiary/aromatic N) is 2. The summed E-state index contributed by atoms with van der Waals surface area (Å²) < 4.78 is 5.21. The van der Waals surface area contributed by atoms with Crippen LogP contribution in [0.25, 0.3) is 0 Å². The lowest BCUT2D eigenvalue weighted by Gasteiger charge is -2.32. The molecule has 2 N–H and O–H groups in total. The van der Waals surface area contributed by atoms with Gasteiger partial charge in [0.1, 0.15) is 11.0 Å². The monoisotopic (exact) mass is 537 g/mol. The zero-order valence-electron chi connectivity index (χ0n) is 19.9. The van der Waals surface area contributed by atoms with E-state index in [1.165, 1.54) is 36.0 Å². The fourth-order valence-electron chi connectivity index (χ4n) is 3.64. The third-order valence-corrected chi connectivity index (χ3v) is 7.11. The van der Waals surface area contributed by atoms with Gasteiger partial charge < -0.3 is 15.2 Å². The number of halogens is 1. The van der Waals surface area contributed by atoms with Crippen molar-refractivity contribution in [1.82, 2.24) is 4.90 Å². The molecule has 1 aliphatic rings. The highest BCUT2D eigenvalue weighted by molar-refractivity contribution is 8.15. The number of ether oxygens (including phenoxy) is 1. The molecule has 8 nitrogen and oxygen atoms in total. The van der Waals surface area contributed by atoms with Crippen LogP contribution in [0.1, 0.15) is 22.3 Å². The van der Waals surface area contributed by atoms with Gasteiger partial charge in [0.25, 0.3) is 0 Å². The number of thioether (sulfide) groups is 1. The zero-order chi connectivity index (χ0) is 26.4. The Morgan fingerprint density at radius 1 is 1.08 bits per heavy atom. The van der Waals surface area contributed by atoms with Crippen molar-refractivity contribution in [3.05, 3.63) is 88.9 Å². The second-order valence-electron chi connectivity index (χ2n) is 8.20. The predicted octanol–water partition coefficient (Wildman–Crippen LogP) is 5.25. The van der Waals surface area contributed by atoms with E-state index in [4.69, 9.17) is 21.4 Å². The normalized spacial score (nSPS) is 16.5. The van der Waals surface area contributed by atoms with Crippen molar-refractivity contribution < 1.29 is 24.2 Å². The van der Waals surface area contributed by atoms with Crippen LogP contribution in [-0.2, 0) is 16.0 Å². The molecule has 3 aromatic carbocycles. The maximum atomic E-state index is 13.2. The number of hydrogen-bond acceptors (Lipinski definition) is 6. The van der Waals surface area contributed by atoms with E-state index in [1.807, 2.05) is 12.1 Å². The molecule has 1 heterocycles. The average molecular weight is 538 g/mol. The number of hydrogen-bond donors (Lipinski definition) is 2. The van der Waals surface area contributed by atoms with E-state index in [0.717, 1.165) is 5.56 Å². The summed E-state index contributed by atoms with van der Waals surface area (Å²) in [6.07, 6.45) is 0.601. The first-order valence-corrected chi connectivity index (χ1v) is 12.7. The third-order valence-electron chi connectivity index (χ3n) is 5.67. The SMILES string of the molecule is COc1ccc(N=C2S[C@H](C(=O)Nc3ccc(C(=O)O)cc3)CC(=O)N2CCc2ccc(Cl)cc2)cc1. The number of carboxylic acids is 1. The van der Waals surface area contributed by atoms with Crippen LogP contribution in [0.3, 0.4) is 0 Å². The molecule has 0 unspecified atom stereocenters. The number of amidine groups is 1. The molecular weight excluding hydrogens is 514 g/mol. The highest BCUT2D eigenvalue weighted by Crippen LogP contribution is 2.31. The molecule has 1 fully saturated rings. The van der Waals surface area contributed by atoms with Crippen LogP contribution in [-0.4, -0.2) is 51.9 Å². The quantitative estimate of drug-likeness (QED) is 0.406. The summed E-state index contributed by atoms with van der Waals surface area (Å²) in [5.41, 5.74) is 2.21. The first kappa shape index (κ1) is 26.2. The lowest BCUT2D eigenvalue weighted by Crippen LogP contribution is -2.46. The molecule has 0 aromatic heterocycles. The maximum absolute atomic E-state index is 13.2.